The van der Waals surface area contributed by atoms with Gasteiger partial charge in [0.05, 0.1) is 5.69 Å². The van der Waals surface area contributed by atoms with Crippen molar-refractivity contribution in [2.75, 3.05) is 16.2 Å². The number of nitrogens with one attached hydrogen (secondary N) is 1. The summed E-state index contributed by atoms with van der Waals surface area (Å²) in [6, 6.07) is 17.0. The monoisotopic (exact) mass is 444 g/mol. The van der Waals surface area contributed by atoms with Crippen molar-refractivity contribution in [1.82, 2.24) is 0 Å². The largest absolute Gasteiger partial charge is 0.322 e. The molecule has 1 amide bonds. The summed E-state index contributed by atoms with van der Waals surface area (Å²) in [4.78, 5) is 12.1. The van der Waals surface area contributed by atoms with E-state index in [0.29, 0.717) is 22.8 Å². The van der Waals surface area contributed by atoms with Crippen LogP contribution in [0.25, 0.3) is 0 Å². The lowest BCUT2D eigenvalue weighted by Gasteiger charge is -2.30. The van der Waals surface area contributed by atoms with Crippen molar-refractivity contribution in [3.05, 3.63) is 88.7 Å². The zero-order valence-corrected chi connectivity index (χ0v) is 17.4. The number of nitrogens with zero attached hydrogens (tertiary/aromatic N) is 1. The lowest BCUT2D eigenvalue weighted by Crippen LogP contribution is -2.36. The molecule has 0 bridgehead atoms. The van der Waals surface area contributed by atoms with Crippen molar-refractivity contribution in [3.8, 4) is 0 Å². The minimum Gasteiger partial charge on any atom is -0.322 e. The van der Waals surface area contributed by atoms with Crippen LogP contribution in [0.3, 0.4) is 0 Å². The summed E-state index contributed by atoms with van der Waals surface area (Å²) in [5, 5.41) is 3.08. The standard InChI is InChI=1S/C22H18ClFN2O3S/c23-17-7-3-8-18(14-17)25-22(27)16-10-11-19(24)21(13-16)30(28,29)26-12-4-6-15-5-1-2-9-20(15)26/h1-3,5,7-11,13-14H,4,6,12H2,(H,25,27). The number of hydrogen-bond acceptors (Lipinski definition) is 3. The highest BCUT2D eigenvalue weighted by Gasteiger charge is 2.31. The van der Waals surface area contributed by atoms with Crippen molar-refractivity contribution in [1.29, 1.82) is 0 Å². The van der Waals surface area contributed by atoms with Crippen LogP contribution in [0.15, 0.2) is 71.6 Å². The molecular formula is C22H18ClFN2O3S. The molecule has 1 aliphatic heterocycles. The lowest BCUT2D eigenvalue weighted by atomic mass is 10.0. The highest BCUT2D eigenvalue weighted by atomic mass is 35.5. The smallest absolute Gasteiger partial charge is 0.267 e. The van der Waals surface area contributed by atoms with Crippen molar-refractivity contribution < 1.29 is 17.6 Å². The van der Waals surface area contributed by atoms with Gasteiger partial charge in [-0.05, 0) is 60.9 Å². The van der Waals surface area contributed by atoms with E-state index in [1.165, 1.54) is 10.4 Å². The van der Waals surface area contributed by atoms with Gasteiger partial charge in [-0.1, -0.05) is 35.9 Å². The predicted molar refractivity (Wildman–Crippen MR) is 115 cm³/mol. The Bertz CT molecular complexity index is 1230. The summed E-state index contributed by atoms with van der Waals surface area (Å²) >= 11 is 5.92. The topological polar surface area (TPSA) is 66.5 Å². The van der Waals surface area contributed by atoms with Gasteiger partial charge >= 0.3 is 0 Å². The van der Waals surface area contributed by atoms with Gasteiger partial charge in [0.2, 0.25) is 0 Å². The molecule has 1 N–H and O–H groups in total. The Morgan fingerprint density at radius 2 is 1.83 bits per heavy atom. The summed E-state index contributed by atoms with van der Waals surface area (Å²) < 4.78 is 42.4. The Morgan fingerprint density at radius 3 is 2.63 bits per heavy atom. The van der Waals surface area contributed by atoms with E-state index >= 15 is 0 Å². The third kappa shape index (κ3) is 3.91. The first-order valence-corrected chi connectivity index (χ1v) is 11.2. The Labute approximate surface area is 179 Å². The van der Waals surface area contributed by atoms with Crippen molar-refractivity contribution >= 4 is 38.9 Å². The molecule has 1 heterocycles. The number of fused-ring (bicyclic) bond motifs is 1. The second-order valence-corrected chi connectivity index (χ2v) is 9.19. The van der Waals surface area contributed by atoms with Crippen molar-refractivity contribution in [2.24, 2.45) is 0 Å². The van der Waals surface area contributed by atoms with E-state index in [-0.39, 0.29) is 12.1 Å². The number of rotatable bonds is 4. The molecule has 8 heteroatoms. The van der Waals surface area contributed by atoms with Gasteiger partial charge in [0.1, 0.15) is 10.7 Å². The molecule has 0 saturated heterocycles. The first kappa shape index (κ1) is 20.4. The van der Waals surface area contributed by atoms with Gasteiger partial charge in [-0.25, -0.2) is 12.8 Å². The lowest BCUT2D eigenvalue weighted by molar-refractivity contribution is 0.102. The van der Waals surface area contributed by atoms with E-state index in [2.05, 4.69) is 5.32 Å². The summed E-state index contributed by atoms with van der Waals surface area (Å²) in [6.07, 6.45) is 1.39. The molecule has 0 saturated carbocycles. The van der Waals surface area contributed by atoms with Gasteiger partial charge in [0, 0.05) is 22.8 Å². The number of anilines is 2. The minimum absolute atomic E-state index is 0.0280. The maximum absolute atomic E-state index is 14.6. The van der Waals surface area contributed by atoms with Crippen LogP contribution < -0.4 is 9.62 Å². The number of carbonyl (C=O) groups is 1. The van der Waals surface area contributed by atoms with E-state index in [1.54, 1.807) is 36.4 Å². The minimum atomic E-state index is -4.18. The van der Waals surface area contributed by atoms with Crippen LogP contribution in [0.4, 0.5) is 15.8 Å². The number of benzene rings is 3. The first-order chi connectivity index (χ1) is 14.4. The number of sulfonamides is 1. The van der Waals surface area contributed by atoms with E-state index in [4.69, 9.17) is 11.6 Å². The molecule has 0 spiro atoms. The maximum Gasteiger partial charge on any atom is 0.267 e. The number of carbonyl (C=O) groups excluding carboxylic acids is 1. The van der Waals surface area contributed by atoms with Crippen LogP contribution in [0.5, 0.6) is 0 Å². The van der Waals surface area contributed by atoms with Crippen molar-refractivity contribution in [3.63, 3.8) is 0 Å². The first-order valence-electron chi connectivity index (χ1n) is 9.33. The van der Waals surface area contributed by atoms with Crippen LogP contribution in [0, 0.1) is 5.82 Å². The number of para-hydroxylation sites is 1. The molecule has 0 atom stereocenters. The molecule has 154 valence electrons. The molecule has 0 fully saturated rings. The Balaban J connectivity index is 1.69. The fourth-order valence-electron chi connectivity index (χ4n) is 3.48. The molecule has 1 aliphatic rings. The van der Waals surface area contributed by atoms with E-state index in [1.807, 2.05) is 12.1 Å². The predicted octanol–water partition coefficient (Wildman–Crippen LogP) is 4.87. The molecule has 0 radical (unpaired) electrons. The zero-order chi connectivity index (χ0) is 21.3. The second-order valence-electron chi connectivity index (χ2n) is 6.92. The fraction of sp³-hybridized carbons (Fsp3) is 0.136. The SMILES string of the molecule is O=C(Nc1cccc(Cl)c1)c1ccc(F)c(S(=O)(=O)N2CCCc3ccccc32)c1. The Morgan fingerprint density at radius 1 is 1.03 bits per heavy atom. The van der Waals surface area contributed by atoms with Gasteiger partial charge < -0.3 is 5.32 Å². The van der Waals surface area contributed by atoms with Gasteiger partial charge in [-0.15, -0.1) is 0 Å². The molecule has 5 nitrogen and oxygen atoms in total. The van der Waals surface area contributed by atoms with Crippen LogP contribution in [0.1, 0.15) is 22.3 Å². The number of amides is 1. The van der Waals surface area contributed by atoms with Crippen LogP contribution in [-0.2, 0) is 16.4 Å². The Kier molecular flexibility index (Phi) is 5.49. The van der Waals surface area contributed by atoms with E-state index in [9.17, 15) is 17.6 Å². The molecule has 0 unspecified atom stereocenters. The Hall–Kier alpha value is -2.90. The van der Waals surface area contributed by atoms with Crippen LogP contribution in [0.2, 0.25) is 5.02 Å². The average Bonchev–Trinajstić information content (AvgIpc) is 2.73. The van der Waals surface area contributed by atoms with Crippen LogP contribution >= 0.6 is 11.6 Å². The van der Waals surface area contributed by atoms with E-state index < -0.39 is 26.6 Å². The summed E-state index contributed by atoms with van der Waals surface area (Å²) in [5.74, 6) is -1.47. The quantitative estimate of drug-likeness (QED) is 0.624. The highest BCUT2D eigenvalue weighted by molar-refractivity contribution is 7.92. The molecule has 0 aromatic heterocycles. The van der Waals surface area contributed by atoms with E-state index in [0.717, 1.165) is 24.1 Å². The third-order valence-corrected chi connectivity index (χ3v) is 6.97. The second kappa shape index (κ2) is 8.08. The number of aryl methyl sites for hydroxylation is 1. The zero-order valence-electron chi connectivity index (χ0n) is 15.8. The van der Waals surface area contributed by atoms with Crippen LogP contribution in [-0.4, -0.2) is 20.9 Å². The molecule has 3 aromatic rings. The molecule has 30 heavy (non-hydrogen) atoms. The summed E-state index contributed by atoms with van der Waals surface area (Å²) in [6.45, 7) is 0.248. The normalized spacial score (nSPS) is 13.6. The third-order valence-electron chi connectivity index (χ3n) is 4.91. The molecule has 4 rings (SSSR count). The maximum atomic E-state index is 14.6. The number of halogens is 2. The highest BCUT2D eigenvalue weighted by Crippen LogP contribution is 2.33. The molecule has 0 aliphatic carbocycles. The van der Waals surface area contributed by atoms with Gasteiger partial charge in [-0.2, -0.15) is 0 Å². The van der Waals surface area contributed by atoms with Gasteiger partial charge in [-0.3, -0.25) is 9.10 Å². The number of hydrogen-bond donors (Lipinski definition) is 1. The summed E-state index contributed by atoms with van der Waals surface area (Å²) in [5.41, 5.74) is 1.91. The molecular weight excluding hydrogens is 427 g/mol. The fourth-order valence-corrected chi connectivity index (χ4v) is 5.30. The molecule has 3 aromatic carbocycles. The summed E-state index contributed by atoms with van der Waals surface area (Å²) in [7, 11) is -4.18. The van der Waals surface area contributed by atoms with Gasteiger partial charge in [0.15, 0.2) is 0 Å². The average molecular weight is 445 g/mol. The van der Waals surface area contributed by atoms with Gasteiger partial charge in [0.25, 0.3) is 15.9 Å². The van der Waals surface area contributed by atoms with Crippen molar-refractivity contribution in [2.45, 2.75) is 17.7 Å².